The second-order valence-electron chi connectivity index (χ2n) is 2.08. The fourth-order valence-corrected chi connectivity index (χ4v) is 0.536. The third-order valence-electron chi connectivity index (χ3n) is 0.963. The molecule has 0 spiro atoms. The van der Waals surface area contributed by atoms with Crippen LogP contribution in [-0.4, -0.2) is 31.8 Å². The van der Waals surface area contributed by atoms with E-state index in [1.165, 1.54) is 0 Å². The van der Waals surface area contributed by atoms with E-state index in [2.05, 4.69) is 19.2 Å². The Kier molecular flexibility index (Phi) is 2.94. The van der Waals surface area contributed by atoms with Crippen LogP contribution in [0.3, 0.4) is 0 Å². The van der Waals surface area contributed by atoms with E-state index in [1.54, 1.807) is 0 Å². The fraction of sp³-hybridized carbons (Fsp3) is 0.800. The molecule has 0 bridgehead atoms. The molecule has 0 aromatic heterocycles. The van der Waals surface area contributed by atoms with Gasteiger partial charge >= 0.3 is 12.3 Å². The van der Waals surface area contributed by atoms with Crippen LogP contribution in [0, 0.1) is 0 Å². The van der Waals surface area contributed by atoms with Crippen LogP contribution < -0.4 is 0 Å². The zero-order chi connectivity index (χ0) is 9.90. The first-order valence-electron chi connectivity index (χ1n) is 3.16. The van der Waals surface area contributed by atoms with Crippen LogP contribution in [0.25, 0.3) is 0 Å². The lowest BCUT2D eigenvalue weighted by Crippen LogP contribution is -2.22. The minimum absolute atomic E-state index is 0.281. The van der Waals surface area contributed by atoms with Crippen molar-refractivity contribution in [3.8, 4) is 0 Å². The van der Waals surface area contributed by atoms with Gasteiger partial charge in [0.2, 0.25) is 0 Å². The van der Waals surface area contributed by atoms with Crippen LogP contribution >= 0.6 is 0 Å². The number of carbonyl (C=O) groups is 1. The molecule has 8 heteroatoms. The molecule has 0 radical (unpaired) electrons. The van der Waals surface area contributed by atoms with Gasteiger partial charge in [-0.05, 0) is 0 Å². The molecule has 1 aliphatic heterocycles. The summed E-state index contributed by atoms with van der Waals surface area (Å²) in [5.41, 5.74) is 0. The molecule has 1 heterocycles. The topological polar surface area (TPSA) is 54.0 Å². The SMILES string of the molecule is O=C1OCC(OOCC(F)(F)F)O1. The summed E-state index contributed by atoms with van der Waals surface area (Å²) in [4.78, 5) is 18.0. The van der Waals surface area contributed by atoms with Gasteiger partial charge in [0, 0.05) is 0 Å². The maximum absolute atomic E-state index is 11.5. The van der Waals surface area contributed by atoms with Crippen LogP contribution in [-0.2, 0) is 19.2 Å². The zero-order valence-corrected chi connectivity index (χ0v) is 6.17. The molecule has 1 atom stereocenters. The molecular weight excluding hydrogens is 197 g/mol. The molecule has 13 heavy (non-hydrogen) atoms. The van der Waals surface area contributed by atoms with Crippen LogP contribution in [0.15, 0.2) is 0 Å². The Balaban J connectivity index is 2.10. The van der Waals surface area contributed by atoms with Gasteiger partial charge in [-0.3, -0.25) is 0 Å². The molecule has 1 unspecified atom stereocenters. The van der Waals surface area contributed by atoms with Gasteiger partial charge < -0.3 is 9.47 Å². The van der Waals surface area contributed by atoms with E-state index >= 15 is 0 Å². The molecule has 5 nitrogen and oxygen atoms in total. The highest BCUT2D eigenvalue weighted by Crippen LogP contribution is 2.16. The van der Waals surface area contributed by atoms with Crippen molar-refractivity contribution in [2.24, 2.45) is 0 Å². The standard InChI is InChI=1S/C5H5F3O5/c6-5(7,8)2-11-13-3-1-10-4(9)12-3/h3H,1-2H2. The van der Waals surface area contributed by atoms with Crippen LogP contribution in [0.4, 0.5) is 18.0 Å². The quantitative estimate of drug-likeness (QED) is 0.388. The molecular formula is C5H5F3O5. The monoisotopic (exact) mass is 202 g/mol. The molecule has 0 amide bonds. The van der Waals surface area contributed by atoms with Gasteiger partial charge in [-0.25, -0.2) is 9.68 Å². The van der Waals surface area contributed by atoms with Gasteiger partial charge in [0.25, 0.3) is 6.29 Å². The highest BCUT2D eigenvalue weighted by molar-refractivity contribution is 5.61. The third-order valence-corrected chi connectivity index (χ3v) is 0.963. The minimum atomic E-state index is -4.48. The Hall–Kier alpha value is -1.02. The van der Waals surface area contributed by atoms with E-state index < -0.39 is 25.2 Å². The molecule has 1 aliphatic rings. The lowest BCUT2D eigenvalue weighted by atomic mass is 10.7. The van der Waals surface area contributed by atoms with Crippen molar-refractivity contribution >= 4 is 6.16 Å². The van der Waals surface area contributed by atoms with Gasteiger partial charge in [-0.1, -0.05) is 0 Å². The van der Waals surface area contributed by atoms with Gasteiger partial charge in [0.15, 0.2) is 13.2 Å². The molecule has 0 N–H and O–H groups in total. The Morgan fingerprint density at radius 3 is 2.69 bits per heavy atom. The minimum Gasteiger partial charge on any atom is -0.427 e. The Morgan fingerprint density at radius 2 is 2.23 bits per heavy atom. The Morgan fingerprint density at radius 1 is 1.54 bits per heavy atom. The van der Waals surface area contributed by atoms with E-state index in [1.807, 2.05) is 0 Å². The number of hydrogen-bond donors (Lipinski definition) is 0. The van der Waals surface area contributed by atoms with Crippen LogP contribution in [0.2, 0.25) is 0 Å². The first-order chi connectivity index (χ1) is 5.97. The molecule has 0 saturated carbocycles. The molecule has 0 aromatic rings. The lowest BCUT2D eigenvalue weighted by molar-refractivity contribution is -0.389. The second kappa shape index (κ2) is 3.79. The number of cyclic esters (lactones) is 2. The molecule has 0 aromatic carbocycles. The summed E-state index contributed by atoms with van der Waals surface area (Å²) >= 11 is 0. The first-order valence-corrected chi connectivity index (χ1v) is 3.16. The van der Waals surface area contributed by atoms with Crippen molar-refractivity contribution in [1.29, 1.82) is 0 Å². The fourth-order valence-electron chi connectivity index (χ4n) is 0.536. The average molecular weight is 202 g/mol. The maximum Gasteiger partial charge on any atom is 0.511 e. The number of ether oxygens (including phenoxy) is 2. The van der Waals surface area contributed by atoms with Gasteiger partial charge in [0.1, 0.15) is 0 Å². The number of alkyl halides is 3. The molecule has 1 saturated heterocycles. The zero-order valence-electron chi connectivity index (χ0n) is 6.17. The second-order valence-corrected chi connectivity index (χ2v) is 2.08. The summed E-state index contributed by atoms with van der Waals surface area (Å²) in [5, 5.41) is 0. The molecule has 76 valence electrons. The highest BCUT2D eigenvalue weighted by Gasteiger charge is 2.31. The normalized spacial score (nSPS) is 22.7. The smallest absolute Gasteiger partial charge is 0.427 e. The predicted molar refractivity (Wildman–Crippen MR) is 29.3 cm³/mol. The summed E-state index contributed by atoms with van der Waals surface area (Å²) in [6, 6.07) is 0. The van der Waals surface area contributed by atoms with Gasteiger partial charge in [0.05, 0.1) is 0 Å². The molecule has 0 aliphatic carbocycles. The van der Waals surface area contributed by atoms with E-state index in [0.717, 1.165) is 0 Å². The Bertz CT molecular complexity index is 191. The van der Waals surface area contributed by atoms with E-state index in [0.29, 0.717) is 0 Å². The van der Waals surface area contributed by atoms with Crippen molar-refractivity contribution < 1.29 is 37.2 Å². The average Bonchev–Trinajstić information content (AvgIpc) is 2.33. The number of carbonyl (C=O) groups excluding carboxylic acids is 1. The van der Waals surface area contributed by atoms with E-state index in [9.17, 15) is 18.0 Å². The largest absolute Gasteiger partial charge is 0.511 e. The van der Waals surface area contributed by atoms with Gasteiger partial charge in [-0.15, -0.1) is 0 Å². The summed E-state index contributed by atoms with van der Waals surface area (Å²) in [7, 11) is 0. The summed E-state index contributed by atoms with van der Waals surface area (Å²) in [5.74, 6) is 0. The third kappa shape index (κ3) is 3.95. The van der Waals surface area contributed by atoms with Crippen molar-refractivity contribution in [3.63, 3.8) is 0 Å². The molecule has 1 rings (SSSR count). The van der Waals surface area contributed by atoms with Crippen molar-refractivity contribution in [1.82, 2.24) is 0 Å². The van der Waals surface area contributed by atoms with E-state index in [-0.39, 0.29) is 6.61 Å². The van der Waals surface area contributed by atoms with Crippen molar-refractivity contribution in [2.45, 2.75) is 12.5 Å². The summed E-state index contributed by atoms with van der Waals surface area (Å²) in [6.45, 7) is -1.85. The van der Waals surface area contributed by atoms with Crippen molar-refractivity contribution in [3.05, 3.63) is 0 Å². The maximum atomic E-state index is 11.5. The summed E-state index contributed by atoms with van der Waals surface area (Å²) < 4.78 is 42.8. The number of rotatable bonds is 3. The van der Waals surface area contributed by atoms with E-state index in [4.69, 9.17) is 0 Å². The van der Waals surface area contributed by atoms with Crippen molar-refractivity contribution in [2.75, 3.05) is 13.2 Å². The highest BCUT2D eigenvalue weighted by atomic mass is 19.4. The Labute approximate surface area is 70.2 Å². The summed E-state index contributed by atoms with van der Waals surface area (Å²) in [6.07, 6.45) is -6.71. The van der Waals surface area contributed by atoms with Gasteiger partial charge in [-0.2, -0.15) is 18.1 Å². The number of halogens is 3. The molecule has 1 fully saturated rings. The predicted octanol–water partition coefficient (Wildman–Crippen LogP) is 0.990. The van der Waals surface area contributed by atoms with Crippen LogP contribution in [0.5, 0.6) is 0 Å². The lowest BCUT2D eigenvalue weighted by Gasteiger charge is -2.08. The first kappa shape index (κ1) is 10.1. The van der Waals surface area contributed by atoms with Crippen LogP contribution in [0.1, 0.15) is 0 Å². The number of hydrogen-bond acceptors (Lipinski definition) is 5.